The molecule has 1 rings (SSSR count). The third-order valence-electron chi connectivity index (χ3n) is 3.04. The fraction of sp³-hybridized carbons (Fsp3) is 0.600. The minimum atomic E-state index is -0.180. The molecule has 0 aliphatic rings. The van der Waals surface area contributed by atoms with Gasteiger partial charge in [0.2, 0.25) is 0 Å². The predicted molar refractivity (Wildman–Crippen MR) is 74.7 cm³/mol. The summed E-state index contributed by atoms with van der Waals surface area (Å²) in [5.41, 5.74) is 1.35. The van der Waals surface area contributed by atoms with E-state index in [4.69, 9.17) is 9.47 Å². The van der Waals surface area contributed by atoms with Crippen molar-refractivity contribution in [1.82, 2.24) is 5.32 Å². The quantitative estimate of drug-likeness (QED) is 0.684. The van der Waals surface area contributed by atoms with E-state index in [-0.39, 0.29) is 12.3 Å². The molecule has 0 radical (unpaired) electrons. The van der Waals surface area contributed by atoms with Gasteiger partial charge in [0.05, 0.1) is 6.04 Å². The van der Waals surface area contributed by atoms with Gasteiger partial charge in [-0.3, -0.25) is 0 Å². The van der Waals surface area contributed by atoms with Gasteiger partial charge in [0, 0.05) is 14.2 Å². The van der Waals surface area contributed by atoms with Crippen molar-refractivity contribution in [3.63, 3.8) is 0 Å². The van der Waals surface area contributed by atoms with Crippen LogP contribution in [0.15, 0.2) is 30.3 Å². The van der Waals surface area contributed by atoms with E-state index in [1.807, 2.05) is 6.07 Å². The van der Waals surface area contributed by atoms with Crippen LogP contribution in [0, 0.1) is 0 Å². The Morgan fingerprint density at radius 1 is 1.11 bits per heavy atom. The van der Waals surface area contributed by atoms with Gasteiger partial charge in [0.1, 0.15) is 0 Å². The predicted octanol–water partition coefficient (Wildman–Crippen LogP) is 2.61. The van der Waals surface area contributed by atoms with Crippen LogP contribution in [-0.4, -0.2) is 33.1 Å². The van der Waals surface area contributed by atoms with Crippen molar-refractivity contribution in [3.05, 3.63) is 35.9 Å². The van der Waals surface area contributed by atoms with E-state index in [1.165, 1.54) is 5.56 Å². The zero-order valence-electron chi connectivity index (χ0n) is 11.7. The molecule has 0 fully saturated rings. The van der Waals surface area contributed by atoms with Gasteiger partial charge in [-0.25, -0.2) is 0 Å². The Labute approximate surface area is 110 Å². The monoisotopic (exact) mass is 251 g/mol. The summed E-state index contributed by atoms with van der Waals surface area (Å²) >= 11 is 0. The van der Waals surface area contributed by atoms with Gasteiger partial charge >= 0.3 is 0 Å². The second kappa shape index (κ2) is 9.09. The highest BCUT2D eigenvalue weighted by atomic mass is 16.7. The first-order valence-corrected chi connectivity index (χ1v) is 6.64. The molecule has 0 heterocycles. The van der Waals surface area contributed by atoms with Gasteiger partial charge < -0.3 is 14.8 Å². The first-order valence-electron chi connectivity index (χ1n) is 6.64. The summed E-state index contributed by atoms with van der Waals surface area (Å²) in [4.78, 5) is 0. The first-order chi connectivity index (χ1) is 8.81. The summed E-state index contributed by atoms with van der Waals surface area (Å²) in [5.74, 6) is 0. The smallest absolute Gasteiger partial charge is 0.171 e. The molecular weight excluding hydrogens is 226 g/mol. The number of methoxy groups -OCH3 is 2. The molecule has 18 heavy (non-hydrogen) atoms. The molecule has 0 aliphatic carbocycles. The van der Waals surface area contributed by atoms with Crippen LogP contribution < -0.4 is 5.32 Å². The Balaban J connectivity index is 2.49. The van der Waals surface area contributed by atoms with Gasteiger partial charge in [-0.05, 0) is 31.4 Å². The molecular formula is C15H25NO2. The number of hydrogen-bond donors (Lipinski definition) is 1. The minimum absolute atomic E-state index is 0.180. The Kier molecular flexibility index (Phi) is 7.65. The van der Waals surface area contributed by atoms with Crippen LogP contribution in [-0.2, 0) is 15.9 Å². The second-order valence-corrected chi connectivity index (χ2v) is 4.42. The maximum atomic E-state index is 5.36. The Morgan fingerprint density at radius 3 is 2.33 bits per heavy atom. The molecule has 102 valence electrons. The van der Waals surface area contributed by atoms with E-state index in [0.717, 1.165) is 25.8 Å². The molecule has 1 N–H and O–H groups in total. The molecule has 0 aliphatic heterocycles. The molecule has 1 atom stereocenters. The molecule has 0 saturated carbocycles. The molecule has 0 saturated heterocycles. The van der Waals surface area contributed by atoms with Crippen molar-refractivity contribution in [3.8, 4) is 0 Å². The lowest BCUT2D eigenvalue weighted by molar-refractivity contribution is -0.123. The van der Waals surface area contributed by atoms with Crippen LogP contribution >= 0.6 is 0 Å². The van der Waals surface area contributed by atoms with Crippen LogP contribution in [0.25, 0.3) is 0 Å². The topological polar surface area (TPSA) is 30.5 Å². The molecule has 0 bridgehead atoms. The third-order valence-corrected chi connectivity index (χ3v) is 3.04. The van der Waals surface area contributed by atoms with Crippen LogP contribution in [0.4, 0.5) is 0 Å². The standard InChI is InChI=1S/C15H25NO2/c1-4-12-16-14(15(17-2)18-3)11-10-13-8-6-5-7-9-13/h5-9,14-16H,4,10-12H2,1-3H3. The van der Waals surface area contributed by atoms with Gasteiger partial charge in [-0.15, -0.1) is 0 Å². The van der Waals surface area contributed by atoms with Crippen LogP contribution in [0.5, 0.6) is 0 Å². The number of ether oxygens (including phenoxy) is 2. The Bertz CT molecular complexity index is 299. The van der Waals surface area contributed by atoms with E-state index < -0.39 is 0 Å². The summed E-state index contributed by atoms with van der Waals surface area (Å²) in [6.45, 7) is 3.15. The summed E-state index contributed by atoms with van der Waals surface area (Å²) in [5, 5.41) is 3.49. The lowest BCUT2D eigenvalue weighted by atomic mass is 10.0. The number of benzene rings is 1. The number of nitrogens with one attached hydrogen (secondary N) is 1. The lowest BCUT2D eigenvalue weighted by Crippen LogP contribution is -2.42. The van der Waals surface area contributed by atoms with Crippen LogP contribution in [0.1, 0.15) is 25.3 Å². The Hall–Kier alpha value is -0.900. The maximum Gasteiger partial charge on any atom is 0.171 e. The average molecular weight is 251 g/mol. The molecule has 0 amide bonds. The van der Waals surface area contributed by atoms with Crippen molar-refractivity contribution in [1.29, 1.82) is 0 Å². The second-order valence-electron chi connectivity index (χ2n) is 4.42. The normalized spacial score (nSPS) is 12.9. The fourth-order valence-corrected chi connectivity index (χ4v) is 2.06. The van der Waals surface area contributed by atoms with Crippen molar-refractivity contribution < 1.29 is 9.47 Å². The molecule has 1 aromatic carbocycles. The molecule has 0 aromatic heterocycles. The number of aryl methyl sites for hydroxylation is 1. The van der Waals surface area contributed by atoms with E-state index in [2.05, 4.69) is 36.5 Å². The van der Waals surface area contributed by atoms with Gasteiger partial charge in [-0.2, -0.15) is 0 Å². The lowest BCUT2D eigenvalue weighted by Gasteiger charge is -2.25. The highest BCUT2D eigenvalue weighted by Gasteiger charge is 2.19. The summed E-state index contributed by atoms with van der Waals surface area (Å²) in [6, 6.07) is 10.8. The number of rotatable bonds is 9. The zero-order valence-corrected chi connectivity index (χ0v) is 11.7. The molecule has 1 unspecified atom stereocenters. The highest BCUT2D eigenvalue weighted by molar-refractivity contribution is 5.14. The third kappa shape index (κ3) is 5.17. The van der Waals surface area contributed by atoms with Gasteiger partial charge in [0.15, 0.2) is 6.29 Å². The van der Waals surface area contributed by atoms with Crippen molar-refractivity contribution in [2.24, 2.45) is 0 Å². The maximum absolute atomic E-state index is 5.36. The molecule has 1 aromatic rings. The zero-order chi connectivity index (χ0) is 13.2. The molecule has 3 nitrogen and oxygen atoms in total. The SMILES string of the molecule is CCCNC(CCc1ccccc1)C(OC)OC. The number of hydrogen-bond acceptors (Lipinski definition) is 3. The van der Waals surface area contributed by atoms with E-state index in [9.17, 15) is 0 Å². The van der Waals surface area contributed by atoms with E-state index in [1.54, 1.807) is 14.2 Å². The highest BCUT2D eigenvalue weighted by Crippen LogP contribution is 2.10. The summed E-state index contributed by atoms with van der Waals surface area (Å²) in [7, 11) is 3.38. The van der Waals surface area contributed by atoms with Crippen molar-refractivity contribution >= 4 is 0 Å². The van der Waals surface area contributed by atoms with Crippen LogP contribution in [0.2, 0.25) is 0 Å². The largest absolute Gasteiger partial charge is 0.354 e. The molecule has 0 spiro atoms. The Morgan fingerprint density at radius 2 is 1.78 bits per heavy atom. The fourth-order valence-electron chi connectivity index (χ4n) is 2.06. The summed E-state index contributed by atoms with van der Waals surface area (Å²) < 4.78 is 10.7. The minimum Gasteiger partial charge on any atom is -0.354 e. The summed E-state index contributed by atoms with van der Waals surface area (Å²) in [6.07, 6.45) is 2.98. The molecule has 3 heteroatoms. The average Bonchev–Trinajstić information content (AvgIpc) is 2.43. The van der Waals surface area contributed by atoms with Crippen molar-refractivity contribution in [2.45, 2.75) is 38.5 Å². The van der Waals surface area contributed by atoms with Crippen LogP contribution in [0.3, 0.4) is 0 Å². The van der Waals surface area contributed by atoms with Gasteiger partial charge in [-0.1, -0.05) is 37.3 Å². The van der Waals surface area contributed by atoms with Crippen molar-refractivity contribution in [2.75, 3.05) is 20.8 Å². The van der Waals surface area contributed by atoms with E-state index >= 15 is 0 Å². The van der Waals surface area contributed by atoms with E-state index in [0.29, 0.717) is 0 Å². The van der Waals surface area contributed by atoms with Gasteiger partial charge in [0.25, 0.3) is 0 Å². The first kappa shape index (κ1) is 15.2.